The maximum absolute atomic E-state index is 9.72. The minimum Gasteiger partial charge on any atom is -0.394 e. The van der Waals surface area contributed by atoms with Crippen LogP contribution in [-0.2, 0) is 18.9 Å². The first-order valence-electron chi connectivity index (χ1n) is 8.96. The molecular weight excluding hydrogens is 316 g/mol. The van der Waals surface area contributed by atoms with Crippen molar-refractivity contribution in [2.75, 3.05) is 52.9 Å². The summed E-state index contributed by atoms with van der Waals surface area (Å²) in [7, 11) is 0. The number of ether oxygens (including phenoxy) is 4. The molecule has 0 bridgehead atoms. The number of aliphatic hydroxyl groups excluding tert-OH is 3. The maximum atomic E-state index is 9.72. The van der Waals surface area contributed by atoms with E-state index in [1.165, 1.54) is 0 Å². The van der Waals surface area contributed by atoms with Crippen LogP contribution >= 0.6 is 0 Å². The van der Waals surface area contributed by atoms with Gasteiger partial charge in [-0.1, -0.05) is 26.7 Å². The fraction of sp³-hybridized carbons (Fsp3) is 1.00. The SMILES string of the molecule is CCCCOCC(O)COCC(CO)OC(CO)COCCCC. The van der Waals surface area contributed by atoms with E-state index >= 15 is 0 Å². The Morgan fingerprint density at radius 1 is 0.708 bits per heavy atom. The molecule has 0 rings (SSSR count). The molecule has 0 aliphatic carbocycles. The van der Waals surface area contributed by atoms with Crippen molar-refractivity contribution in [1.82, 2.24) is 0 Å². The van der Waals surface area contributed by atoms with Crippen LogP contribution in [0.4, 0.5) is 0 Å². The zero-order chi connectivity index (χ0) is 18.0. The van der Waals surface area contributed by atoms with E-state index in [1.807, 2.05) is 0 Å². The van der Waals surface area contributed by atoms with Crippen molar-refractivity contribution in [1.29, 1.82) is 0 Å². The van der Waals surface area contributed by atoms with Gasteiger partial charge in [-0.2, -0.15) is 0 Å². The second-order valence-corrected chi connectivity index (χ2v) is 5.79. The first-order chi connectivity index (χ1) is 11.7. The Morgan fingerprint density at radius 3 is 1.67 bits per heavy atom. The van der Waals surface area contributed by atoms with Gasteiger partial charge in [0.05, 0.1) is 39.6 Å². The summed E-state index contributed by atoms with van der Waals surface area (Å²) >= 11 is 0. The lowest BCUT2D eigenvalue weighted by atomic mass is 10.3. The number of hydrogen-bond acceptors (Lipinski definition) is 7. The fourth-order valence-corrected chi connectivity index (χ4v) is 1.85. The van der Waals surface area contributed by atoms with Crippen LogP contribution in [0, 0.1) is 0 Å². The summed E-state index contributed by atoms with van der Waals surface area (Å²) in [5, 5.41) is 28.3. The molecule has 0 heterocycles. The van der Waals surface area contributed by atoms with Gasteiger partial charge in [0.1, 0.15) is 18.3 Å². The minimum atomic E-state index is -0.702. The zero-order valence-electron chi connectivity index (χ0n) is 15.2. The lowest BCUT2D eigenvalue weighted by molar-refractivity contribution is -0.122. The van der Waals surface area contributed by atoms with E-state index in [0.717, 1.165) is 25.7 Å². The topological polar surface area (TPSA) is 97.6 Å². The van der Waals surface area contributed by atoms with Gasteiger partial charge in [-0.25, -0.2) is 0 Å². The smallest absolute Gasteiger partial charge is 0.104 e. The largest absolute Gasteiger partial charge is 0.394 e. The molecule has 3 unspecified atom stereocenters. The van der Waals surface area contributed by atoms with Crippen molar-refractivity contribution in [2.45, 2.75) is 57.8 Å². The summed E-state index contributed by atoms with van der Waals surface area (Å²) in [5.41, 5.74) is 0. The van der Waals surface area contributed by atoms with E-state index < -0.39 is 18.3 Å². The Kier molecular flexibility index (Phi) is 17.3. The van der Waals surface area contributed by atoms with Crippen molar-refractivity contribution in [3.8, 4) is 0 Å². The summed E-state index contributed by atoms with van der Waals surface area (Å²) < 4.78 is 21.6. The first-order valence-corrected chi connectivity index (χ1v) is 8.96. The van der Waals surface area contributed by atoms with Crippen molar-refractivity contribution in [3.63, 3.8) is 0 Å². The molecule has 0 aliphatic heterocycles. The van der Waals surface area contributed by atoms with Crippen molar-refractivity contribution < 1.29 is 34.3 Å². The normalized spacial score (nSPS) is 15.4. The summed E-state index contributed by atoms with van der Waals surface area (Å²) in [5.74, 6) is 0. The van der Waals surface area contributed by atoms with Gasteiger partial charge in [0, 0.05) is 13.2 Å². The molecule has 3 atom stereocenters. The van der Waals surface area contributed by atoms with Gasteiger partial charge in [0.2, 0.25) is 0 Å². The van der Waals surface area contributed by atoms with Crippen LogP contribution in [-0.4, -0.2) is 86.5 Å². The van der Waals surface area contributed by atoms with Crippen LogP contribution in [0.5, 0.6) is 0 Å². The highest BCUT2D eigenvalue weighted by Gasteiger charge is 2.17. The molecule has 24 heavy (non-hydrogen) atoms. The molecule has 3 N–H and O–H groups in total. The van der Waals surface area contributed by atoms with E-state index in [9.17, 15) is 15.3 Å². The molecule has 0 radical (unpaired) electrons. The van der Waals surface area contributed by atoms with Gasteiger partial charge in [-0.3, -0.25) is 0 Å². The van der Waals surface area contributed by atoms with Crippen LogP contribution < -0.4 is 0 Å². The third-order valence-electron chi connectivity index (χ3n) is 3.30. The number of rotatable bonds is 18. The van der Waals surface area contributed by atoms with Crippen molar-refractivity contribution in [3.05, 3.63) is 0 Å². The van der Waals surface area contributed by atoms with Gasteiger partial charge in [0.15, 0.2) is 0 Å². The Morgan fingerprint density at radius 2 is 1.17 bits per heavy atom. The average Bonchev–Trinajstić information content (AvgIpc) is 2.60. The molecule has 0 spiro atoms. The van der Waals surface area contributed by atoms with Gasteiger partial charge in [-0.15, -0.1) is 0 Å². The predicted octanol–water partition coefficient (Wildman–Crippen LogP) is 0.736. The van der Waals surface area contributed by atoms with Gasteiger partial charge in [0.25, 0.3) is 0 Å². The minimum absolute atomic E-state index is 0.114. The fourth-order valence-electron chi connectivity index (χ4n) is 1.85. The third kappa shape index (κ3) is 14.1. The second kappa shape index (κ2) is 17.5. The van der Waals surface area contributed by atoms with E-state index in [0.29, 0.717) is 13.2 Å². The lowest BCUT2D eigenvalue weighted by Crippen LogP contribution is -2.35. The molecule has 7 nitrogen and oxygen atoms in total. The molecule has 0 amide bonds. The quantitative estimate of drug-likeness (QED) is 0.313. The van der Waals surface area contributed by atoms with E-state index in [-0.39, 0.29) is 39.6 Å². The molecule has 0 fully saturated rings. The molecule has 0 aromatic heterocycles. The van der Waals surface area contributed by atoms with E-state index in [1.54, 1.807) is 0 Å². The predicted molar refractivity (Wildman–Crippen MR) is 91.1 cm³/mol. The highest BCUT2D eigenvalue weighted by Crippen LogP contribution is 2.02. The van der Waals surface area contributed by atoms with E-state index in [4.69, 9.17) is 18.9 Å². The first kappa shape index (κ1) is 23.7. The monoisotopic (exact) mass is 352 g/mol. The van der Waals surface area contributed by atoms with Gasteiger partial charge in [-0.05, 0) is 12.8 Å². The van der Waals surface area contributed by atoms with Crippen LogP contribution in [0.25, 0.3) is 0 Å². The summed E-state index contributed by atoms with van der Waals surface area (Å²) in [6, 6.07) is 0. The van der Waals surface area contributed by atoms with E-state index in [2.05, 4.69) is 13.8 Å². The lowest BCUT2D eigenvalue weighted by Gasteiger charge is -2.23. The highest BCUT2D eigenvalue weighted by atomic mass is 16.6. The number of hydrogen-bond donors (Lipinski definition) is 3. The van der Waals surface area contributed by atoms with Gasteiger partial charge < -0.3 is 34.3 Å². The van der Waals surface area contributed by atoms with Gasteiger partial charge >= 0.3 is 0 Å². The number of unbranched alkanes of at least 4 members (excludes halogenated alkanes) is 2. The molecule has 0 aromatic rings. The standard InChI is InChI=1S/C17H36O7/c1-3-5-7-21-11-15(20)12-23-14-17(10-19)24-16(9-18)13-22-8-6-4-2/h15-20H,3-14H2,1-2H3. The molecule has 0 saturated carbocycles. The average molecular weight is 352 g/mol. The third-order valence-corrected chi connectivity index (χ3v) is 3.30. The molecule has 7 heteroatoms. The Labute approximate surface area is 145 Å². The molecular formula is C17H36O7. The molecule has 0 saturated heterocycles. The number of aliphatic hydroxyl groups is 3. The zero-order valence-corrected chi connectivity index (χ0v) is 15.2. The van der Waals surface area contributed by atoms with Crippen molar-refractivity contribution in [2.24, 2.45) is 0 Å². The van der Waals surface area contributed by atoms with Crippen LogP contribution in [0.2, 0.25) is 0 Å². The summed E-state index contributed by atoms with van der Waals surface area (Å²) in [6.07, 6.45) is 2.26. The summed E-state index contributed by atoms with van der Waals surface area (Å²) in [4.78, 5) is 0. The Hall–Kier alpha value is -0.280. The highest BCUT2D eigenvalue weighted by molar-refractivity contribution is 4.62. The maximum Gasteiger partial charge on any atom is 0.104 e. The molecule has 0 aliphatic rings. The van der Waals surface area contributed by atoms with Crippen LogP contribution in [0.1, 0.15) is 39.5 Å². The second-order valence-electron chi connectivity index (χ2n) is 5.79. The Balaban J connectivity index is 3.82. The van der Waals surface area contributed by atoms with Crippen LogP contribution in [0.15, 0.2) is 0 Å². The molecule has 0 aromatic carbocycles. The summed E-state index contributed by atoms with van der Waals surface area (Å²) in [6.45, 7) is 5.75. The van der Waals surface area contributed by atoms with Crippen LogP contribution in [0.3, 0.4) is 0 Å². The Bertz CT molecular complexity index is 253. The van der Waals surface area contributed by atoms with Crippen molar-refractivity contribution >= 4 is 0 Å². The molecule has 146 valence electrons.